The van der Waals surface area contributed by atoms with Crippen LogP contribution in [0.4, 0.5) is 0 Å². The van der Waals surface area contributed by atoms with E-state index in [4.69, 9.17) is 23.2 Å². The average Bonchev–Trinajstić information content (AvgIpc) is 3.01. The number of carbonyl (C=O) groups is 1. The Morgan fingerprint density at radius 1 is 1.27 bits per heavy atom. The Labute approximate surface area is 165 Å². The minimum Gasteiger partial charge on any atom is -0.319 e. The highest BCUT2D eigenvalue weighted by Crippen LogP contribution is 2.25. The highest BCUT2D eigenvalue weighted by molar-refractivity contribution is 7.99. The van der Waals surface area contributed by atoms with E-state index in [-0.39, 0.29) is 11.7 Å². The molecule has 8 heteroatoms. The molecule has 0 aliphatic carbocycles. The van der Waals surface area contributed by atoms with Crippen molar-refractivity contribution in [2.45, 2.75) is 18.6 Å². The maximum atomic E-state index is 12.0. The van der Waals surface area contributed by atoms with E-state index in [2.05, 4.69) is 27.0 Å². The van der Waals surface area contributed by atoms with Gasteiger partial charge < -0.3 is 4.57 Å². The molecule has 1 amide bonds. The molecule has 134 valence electrons. The summed E-state index contributed by atoms with van der Waals surface area (Å²) in [5, 5.41) is 5.59. The minimum atomic E-state index is -0.223. The van der Waals surface area contributed by atoms with Crippen molar-refractivity contribution < 1.29 is 4.79 Å². The van der Waals surface area contributed by atoms with Crippen LogP contribution in [0.2, 0.25) is 10.0 Å². The van der Waals surface area contributed by atoms with Crippen LogP contribution in [-0.2, 0) is 11.3 Å². The van der Waals surface area contributed by atoms with Gasteiger partial charge in [-0.25, -0.2) is 10.4 Å². The molecule has 3 aromatic rings. The van der Waals surface area contributed by atoms with E-state index in [0.717, 1.165) is 22.7 Å². The monoisotopic (exact) mass is 406 g/mol. The van der Waals surface area contributed by atoms with Gasteiger partial charge in [0.15, 0.2) is 5.16 Å². The van der Waals surface area contributed by atoms with Crippen LogP contribution in [0.3, 0.4) is 0 Å². The molecular weight excluding hydrogens is 391 g/mol. The van der Waals surface area contributed by atoms with Gasteiger partial charge in [-0.2, -0.15) is 5.10 Å². The molecule has 0 aliphatic heterocycles. The number of aryl methyl sites for hydroxylation is 1. The van der Waals surface area contributed by atoms with Crippen LogP contribution < -0.4 is 5.43 Å². The Bertz CT molecular complexity index is 971. The lowest BCUT2D eigenvalue weighted by Crippen LogP contribution is -2.20. The molecule has 0 saturated carbocycles. The van der Waals surface area contributed by atoms with E-state index in [1.165, 1.54) is 18.0 Å². The molecule has 0 bridgehead atoms. The second kappa shape index (κ2) is 8.58. The number of benzene rings is 2. The first kappa shape index (κ1) is 18.8. The zero-order valence-corrected chi connectivity index (χ0v) is 16.3. The molecule has 0 spiro atoms. The van der Waals surface area contributed by atoms with Gasteiger partial charge in [-0.1, -0.05) is 59.2 Å². The number of hydrogen-bond acceptors (Lipinski definition) is 4. The molecule has 0 unspecified atom stereocenters. The summed E-state index contributed by atoms with van der Waals surface area (Å²) in [7, 11) is 0. The summed E-state index contributed by atoms with van der Waals surface area (Å²) in [5.41, 5.74) is 5.11. The number of aromatic nitrogens is 2. The van der Waals surface area contributed by atoms with E-state index < -0.39 is 0 Å². The summed E-state index contributed by atoms with van der Waals surface area (Å²) < 4.78 is 2.09. The quantitative estimate of drug-likeness (QED) is 0.369. The lowest BCUT2D eigenvalue weighted by Gasteiger charge is -2.05. The summed E-state index contributed by atoms with van der Waals surface area (Å²) in [6, 6.07) is 13.1. The van der Waals surface area contributed by atoms with Crippen molar-refractivity contribution in [2.24, 2.45) is 5.10 Å². The number of rotatable bonds is 6. The number of thioether (sulfide) groups is 1. The van der Waals surface area contributed by atoms with Crippen molar-refractivity contribution in [2.75, 3.05) is 5.75 Å². The molecule has 1 aromatic heterocycles. The van der Waals surface area contributed by atoms with Gasteiger partial charge in [0.2, 0.25) is 0 Å². The van der Waals surface area contributed by atoms with Crippen molar-refractivity contribution in [3.63, 3.8) is 0 Å². The topological polar surface area (TPSA) is 59.3 Å². The molecule has 2 aromatic carbocycles. The standard InChI is InChI=1S/C18H16Cl2N4OS/c1-2-24-15-9-4-3-8-14(15)22-18(24)26-11-16(25)23-21-10-12-6-5-7-13(19)17(12)20/h3-10H,2,11H2,1H3,(H,23,25). The summed E-state index contributed by atoms with van der Waals surface area (Å²) in [6.45, 7) is 2.84. The molecule has 1 N–H and O–H groups in total. The van der Waals surface area contributed by atoms with E-state index in [1.807, 2.05) is 24.3 Å². The number of nitrogens with one attached hydrogen (secondary N) is 1. The summed E-state index contributed by atoms with van der Waals surface area (Å²) in [4.78, 5) is 16.6. The van der Waals surface area contributed by atoms with E-state index >= 15 is 0 Å². The fourth-order valence-corrected chi connectivity index (χ4v) is 3.65. The van der Waals surface area contributed by atoms with Crippen LogP contribution in [0.15, 0.2) is 52.7 Å². The van der Waals surface area contributed by atoms with Crippen LogP contribution in [-0.4, -0.2) is 27.4 Å². The largest absolute Gasteiger partial charge is 0.319 e. The van der Waals surface area contributed by atoms with Crippen molar-refractivity contribution in [1.29, 1.82) is 0 Å². The van der Waals surface area contributed by atoms with Gasteiger partial charge in [0.25, 0.3) is 5.91 Å². The maximum Gasteiger partial charge on any atom is 0.250 e. The minimum absolute atomic E-state index is 0.212. The molecule has 0 aliphatic rings. The SMILES string of the molecule is CCn1c(SCC(=O)NN=Cc2cccc(Cl)c2Cl)nc2ccccc21. The molecule has 0 atom stereocenters. The third kappa shape index (κ3) is 4.20. The van der Waals surface area contributed by atoms with Gasteiger partial charge in [-0.3, -0.25) is 4.79 Å². The van der Waals surface area contributed by atoms with Crippen LogP contribution in [0.5, 0.6) is 0 Å². The van der Waals surface area contributed by atoms with Gasteiger partial charge >= 0.3 is 0 Å². The molecule has 0 fully saturated rings. The number of halogens is 2. The molecular formula is C18H16Cl2N4OS. The van der Waals surface area contributed by atoms with Crippen molar-refractivity contribution in [1.82, 2.24) is 15.0 Å². The second-order valence-corrected chi connectivity index (χ2v) is 7.08. The van der Waals surface area contributed by atoms with Gasteiger partial charge in [0, 0.05) is 12.1 Å². The van der Waals surface area contributed by atoms with Crippen molar-refractivity contribution in [3.05, 3.63) is 58.1 Å². The Hall–Kier alpha value is -2.02. The zero-order valence-electron chi connectivity index (χ0n) is 13.9. The Balaban J connectivity index is 1.61. The van der Waals surface area contributed by atoms with Crippen LogP contribution in [0, 0.1) is 0 Å². The van der Waals surface area contributed by atoms with Gasteiger partial charge in [0.1, 0.15) is 0 Å². The van der Waals surface area contributed by atoms with E-state index in [0.29, 0.717) is 15.6 Å². The number of carbonyl (C=O) groups excluding carboxylic acids is 1. The fraction of sp³-hybridized carbons (Fsp3) is 0.167. The van der Waals surface area contributed by atoms with Crippen LogP contribution in [0.25, 0.3) is 11.0 Å². The number of hydrazone groups is 1. The second-order valence-electron chi connectivity index (χ2n) is 5.35. The first-order valence-corrected chi connectivity index (χ1v) is 9.68. The number of amides is 1. The molecule has 1 heterocycles. The van der Waals surface area contributed by atoms with E-state index in [1.54, 1.807) is 18.2 Å². The number of imidazole rings is 1. The lowest BCUT2D eigenvalue weighted by molar-refractivity contribution is -0.118. The van der Waals surface area contributed by atoms with Crippen molar-refractivity contribution >= 4 is 58.1 Å². The van der Waals surface area contributed by atoms with Gasteiger partial charge in [-0.05, 0) is 25.1 Å². The first-order valence-electron chi connectivity index (χ1n) is 7.94. The predicted octanol–water partition coefficient (Wildman–Crippen LogP) is 4.61. The average molecular weight is 407 g/mol. The zero-order chi connectivity index (χ0) is 18.5. The lowest BCUT2D eigenvalue weighted by atomic mass is 10.2. The maximum absolute atomic E-state index is 12.0. The summed E-state index contributed by atoms with van der Waals surface area (Å²) >= 11 is 13.4. The third-order valence-corrected chi connectivity index (χ3v) is 5.45. The molecule has 0 saturated heterocycles. The smallest absolute Gasteiger partial charge is 0.250 e. The normalized spacial score (nSPS) is 11.3. The molecule has 0 radical (unpaired) electrons. The molecule has 5 nitrogen and oxygen atoms in total. The first-order chi connectivity index (χ1) is 12.6. The van der Waals surface area contributed by atoms with Crippen LogP contribution >= 0.6 is 35.0 Å². The Kier molecular flexibility index (Phi) is 6.19. The molecule has 3 rings (SSSR count). The Morgan fingerprint density at radius 2 is 2.08 bits per heavy atom. The van der Waals surface area contributed by atoms with Gasteiger partial charge in [0.05, 0.1) is 33.0 Å². The fourth-order valence-electron chi connectivity index (χ4n) is 2.43. The van der Waals surface area contributed by atoms with E-state index in [9.17, 15) is 4.79 Å². The highest BCUT2D eigenvalue weighted by Gasteiger charge is 2.11. The predicted molar refractivity (Wildman–Crippen MR) is 108 cm³/mol. The number of fused-ring (bicyclic) bond motifs is 1. The van der Waals surface area contributed by atoms with Gasteiger partial charge in [-0.15, -0.1) is 0 Å². The highest BCUT2D eigenvalue weighted by atomic mass is 35.5. The van der Waals surface area contributed by atoms with Crippen molar-refractivity contribution in [3.8, 4) is 0 Å². The third-order valence-electron chi connectivity index (χ3n) is 3.64. The van der Waals surface area contributed by atoms with Crippen LogP contribution in [0.1, 0.15) is 12.5 Å². The Morgan fingerprint density at radius 3 is 2.88 bits per heavy atom. The summed E-state index contributed by atoms with van der Waals surface area (Å²) in [6.07, 6.45) is 1.47. The summed E-state index contributed by atoms with van der Waals surface area (Å²) in [5.74, 6) is -0.0108. The number of hydrogen-bond donors (Lipinski definition) is 1. The molecule has 26 heavy (non-hydrogen) atoms. The number of nitrogens with zero attached hydrogens (tertiary/aromatic N) is 3. The number of para-hydroxylation sites is 2.